The molecule has 4 nitrogen and oxygen atoms in total. The van der Waals surface area contributed by atoms with Crippen molar-refractivity contribution in [3.8, 4) is 0 Å². The molecule has 0 spiro atoms. The summed E-state index contributed by atoms with van der Waals surface area (Å²) in [5, 5.41) is 0. The molecular weight excluding hydrogens is 220 g/mol. The molecule has 1 radical (unpaired) electrons. The molecule has 0 amide bonds. The third-order valence-electron chi connectivity index (χ3n) is 3.45. The van der Waals surface area contributed by atoms with Crippen LogP contribution in [-0.2, 0) is 19.1 Å². The minimum Gasteiger partial charge on any atom is -0.460 e. The lowest BCUT2D eigenvalue weighted by Crippen LogP contribution is -2.31. The Morgan fingerprint density at radius 3 is 2.29 bits per heavy atom. The molecule has 1 aliphatic carbocycles. The molecule has 97 valence electrons. The highest BCUT2D eigenvalue weighted by Crippen LogP contribution is 2.38. The lowest BCUT2D eigenvalue weighted by Gasteiger charge is -2.36. The van der Waals surface area contributed by atoms with Crippen molar-refractivity contribution in [2.24, 2.45) is 11.3 Å². The fourth-order valence-corrected chi connectivity index (χ4v) is 2.36. The molecule has 1 rings (SSSR count). The second-order valence-electron chi connectivity index (χ2n) is 5.70. The average molecular weight is 241 g/mol. The van der Waals surface area contributed by atoms with Gasteiger partial charge in [0.05, 0.1) is 0 Å². The van der Waals surface area contributed by atoms with Gasteiger partial charge in [0.15, 0.2) is 6.61 Å². The van der Waals surface area contributed by atoms with Crippen LogP contribution in [-0.4, -0.2) is 25.2 Å². The standard InChI is InChI=1S/C13H21O4/c1-13(2,3)10-4-6-11(7-5-10)17-12(15)8-16-9-14/h10-11H,4-8H2,1-3H3. The smallest absolute Gasteiger partial charge is 0.418 e. The van der Waals surface area contributed by atoms with Crippen LogP contribution in [0.3, 0.4) is 0 Å². The van der Waals surface area contributed by atoms with Crippen LogP contribution >= 0.6 is 0 Å². The summed E-state index contributed by atoms with van der Waals surface area (Å²) >= 11 is 0. The van der Waals surface area contributed by atoms with E-state index in [0.717, 1.165) is 25.7 Å². The molecule has 0 N–H and O–H groups in total. The zero-order valence-corrected chi connectivity index (χ0v) is 10.8. The van der Waals surface area contributed by atoms with E-state index in [0.29, 0.717) is 11.3 Å². The fourth-order valence-electron chi connectivity index (χ4n) is 2.36. The van der Waals surface area contributed by atoms with Gasteiger partial charge in [-0.25, -0.2) is 9.59 Å². The number of ether oxygens (including phenoxy) is 2. The SMILES string of the molecule is CC(C)(C)C1CCC(OC(=O)CO[C]=O)CC1. The molecule has 0 aliphatic heterocycles. The lowest BCUT2D eigenvalue weighted by molar-refractivity contribution is -0.154. The highest BCUT2D eigenvalue weighted by Gasteiger charge is 2.30. The summed E-state index contributed by atoms with van der Waals surface area (Å²) in [6.45, 7) is 7.62. The van der Waals surface area contributed by atoms with E-state index in [9.17, 15) is 9.59 Å². The number of carbonyl (C=O) groups is 1. The maximum Gasteiger partial charge on any atom is 0.418 e. The van der Waals surface area contributed by atoms with Crippen molar-refractivity contribution in [2.75, 3.05) is 6.61 Å². The van der Waals surface area contributed by atoms with Crippen molar-refractivity contribution < 1.29 is 19.1 Å². The number of hydrogen-bond donors (Lipinski definition) is 0. The third kappa shape index (κ3) is 4.75. The van der Waals surface area contributed by atoms with Crippen molar-refractivity contribution >= 4 is 12.4 Å². The summed E-state index contributed by atoms with van der Waals surface area (Å²) in [6.07, 6.45) is 3.96. The largest absolute Gasteiger partial charge is 0.460 e. The highest BCUT2D eigenvalue weighted by molar-refractivity contribution is 5.72. The molecule has 0 atom stereocenters. The molecule has 1 saturated carbocycles. The van der Waals surface area contributed by atoms with Crippen molar-refractivity contribution in [3.05, 3.63) is 0 Å². The van der Waals surface area contributed by atoms with Gasteiger partial charge in [0, 0.05) is 0 Å². The van der Waals surface area contributed by atoms with Crippen molar-refractivity contribution in [2.45, 2.75) is 52.6 Å². The molecule has 0 aromatic carbocycles. The molecular formula is C13H21O4. The number of hydrogen-bond acceptors (Lipinski definition) is 4. The molecule has 0 unspecified atom stereocenters. The monoisotopic (exact) mass is 241 g/mol. The Bertz CT molecular complexity index is 259. The zero-order chi connectivity index (χ0) is 12.9. The Morgan fingerprint density at radius 2 is 1.82 bits per heavy atom. The first-order valence-electron chi connectivity index (χ1n) is 6.12. The maximum absolute atomic E-state index is 11.2. The van der Waals surface area contributed by atoms with Gasteiger partial charge in [0.2, 0.25) is 0 Å². The Kier molecular flexibility index (Phi) is 4.97. The third-order valence-corrected chi connectivity index (χ3v) is 3.45. The minimum atomic E-state index is -0.479. The van der Waals surface area contributed by atoms with Crippen LogP contribution in [0.1, 0.15) is 46.5 Å². The van der Waals surface area contributed by atoms with Crippen LogP contribution in [0.25, 0.3) is 0 Å². The molecule has 4 heteroatoms. The molecule has 0 aromatic heterocycles. The van der Waals surface area contributed by atoms with Crippen molar-refractivity contribution in [1.82, 2.24) is 0 Å². The second-order valence-corrected chi connectivity index (χ2v) is 5.70. The van der Waals surface area contributed by atoms with Crippen LogP contribution in [0.2, 0.25) is 0 Å². The van der Waals surface area contributed by atoms with E-state index in [-0.39, 0.29) is 12.7 Å². The molecule has 1 fully saturated rings. The number of esters is 1. The molecule has 0 heterocycles. The Balaban J connectivity index is 2.28. The molecule has 0 saturated heterocycles. The van der Waals surface area contributed by atoms with Gasteiger partial charge in [-0.3, -0.25) is 0 Å². The Hall–Kier alpha value is -1.06. The van der Waals surface area contributed by atoms with Crippen molar-refractivity contribution in [3.63, 3.8) is 0 Å². The van der Waals surface area contributed by atoms with Crippen LogP contribution < -0.4 is 0 Å². The molecule has 0 bridgehead atoms. The van der Waals surface area contributed by atoms with E-state index >= 15 is 0 Å². The van der Waals surface area contributed by atoms with Crippen LogP contribution in [0.15, 0.2) is 0 Å². The summed E-state index contributed by atoms with van der Waals surface area (Å²) in [5.74, 6) is 0.213. The van der Waals surface area contributed by atoms with Crippen LogP contribution in [0, 0.1) is 11.3 Å². The van der Waals surface area contributed by atoms with Gasteiger partial charge in [-0.2, -0.15) is 0 Å². The topological polar surface area (TPSA) is 52.6 Å². The van der Waals surface area contributed by atoms with Crippen molar-refractivity contribution in [1.29, 1.82) is 0 Å². The average Bonchev–Trinajstić information content (AvgIpc) is 2.26. The summed E-state index contributed by atoms with van der Waals surface area (Å²) in [6, 6.07) is 0. The van der Waals surface area contributed by atoms with Gasteiger partial charge in [-0.05, 0) is 37.0 Å². The van der Waals surface area contributed by atoms with E-state index in [4.69, 9.17) is 4.74 Å². The van der Waals surface area contributed by atoms with Crippen LogP contribution in [0.4, 0.5) is 0 Å². The quantitative estimate of drug-likeness (QED) is 0.708. The summed E-state index contributed by atoms with van der Waals surface area (Å²) in [7, 11) is 0. The summed E-state index contributed by atoms with van der Waals surface area (Å²) in [5.41, 5.74) is 0.324. The van der Waals surface area contributed by atoms with Gasteiger partial charge in [0.1, 0.15) is 6.10 Å². The zero-order valence-electron chi connectivity index (χ0n) is 10.8. The lowest BCUT2D eigenvalue weighted by atomic mass is 9.72. The Labute approximate surface area is 103 Å². The first-order chi connectivity index (χ1) is 7.93. The normalized spacial score (nSPS) is 25.1. The minimum absolute atomic E-state index is 0.0173. The summed E-state index contributed by atoms with van der Waals surface area (Å²) < 4.78 is 9.44. The number of carbonyl (C=O) groups excluding carboxylic acids is 2. The predicted molar refractivity (Wildman–Crippen MR) is 62.9 cm³/mol. The number of rotatable bonds is 4. The predicted octanol–water partition coefficient (Wildman–Crippen LogP) is 2.22. The first-order valence-corrected chi connectivity index (χ1v) is 6.12. The van der Waals surface area contributed by atoms with Crippen LogP contribution in [0.5, 0.6) is 0 Å². The fraction of sp³-hybridized carbons (Fsp3) is 0.846. The Morgan fingerprint density at radius 1 is 1.24 bits per heavy atom. The van der Waals surface area contributed by atoms with E-state index in [2.05, 4.69) is 25.5 Å². The van der Waals surface area contributed by atoms with E-state index in [1.54, 1.807) is 0 Å². The van der Waals surface area contributed by atoms with Gasteiger partial charge >= 0.3 is 12.4 Å². The molecule has 17 heavy (non-hydrogen) atoms. The summed E-state index contributed by atoms with van der Waals surface area (Å²) in [4.78, 5) is 21.0. The van der Waals surface area contributed by atoms with Gasteiger partial charge in [0.25, 0.3) is 0 Å². The first kappa shape index (κ1) is 14.0. The van der Waals surface area contributed by atoms with Gasteiger partial charge in [-0.15, -0.1) is 0 Å². The van der Waals surface area contributed by atoms with E-state index < -0.39 is 5.97 Å². The van der Waals surface area contributed by atoms with E-state index in [1.807, 2.05) is 0 Å². The maximum atomic E-state index is 11.2. The molecule has 1 aliphatic rings. The van der Waals surface area contributed by atoms with E-state index in [1.165, 1.54) is 6.47 Å². The second kappa shape index (κ2) is 6.03. The van der Waals surface area contributed by atoms with Gasteiger partial charge < -0.3 is 9.47 Å². The molecule has 0 aromatic rings. The highest BCUT2D eigenvalue weighted by atomic mass is 16.6. The van der Waals surface area contributed by atoms with Gasteiger partial charge in [-0.1, -0.05) is 20.8 Å².